The van der Waals surface area contributed by atoms with Crippen LogP contribution in [0.25, 0.3) is 0 Å². The predicted octanol–water partition coefficient (Wildman–Crippen LogP) is 1.77. The van der Waals surface area contributed by atoms with Gasteiger partial charge in [-0.2, -0.15) is 0 Å². The monoisotopic (exact) mass is 298 g/mol. The van der Waals surface area contributed by atoms with Gasteiger partial charge in [0.15, 0.2) is 0 Å². The van der Waals surface area contributed by atoms with E-state index in [0.717, 1.165) is 9.35 Å². The molecule has 0 radical (unpaired) electrons. The molecule has 0 aliphatic heterocycles. The summed E-state index contributed by atoms with van der Waals surface area (Å²) in [6, 6.07) is 2.00. The zero-order chi connectivity index (χ0) is 9.68. The highest BCUT2D eigenvalue weighted by Gasteiger charge is 2.00. The molecule has 0 saturated carbocycles. The summed E-state index contributed by atoms with van der Waals surface area (Å²) in [6.45, 7) is 0.976. The third-order valence-electron chi connectivity index (χ3n) is 1.42. The Balaban J connectivity index is 0.00000169. The van der Waals surface area contributed by atoms with Gasteiger partial charge in [-0.25, -0.2) is 0 Å². The van der Waals surface area contributed by atoms with Crippen molar-refractivity contribution in [3.8, 4) is 0 Å². The van der Waals surface area contributed by atoms with Gasteiger partial charge in [0.05, 0.1) is 13.1 Å². The van der Waals surface area contributed by atoms with Crippen molar-refractivity contribution < 1.29 is 4.79 Å². The van der Waals surface area contributed by atoms with Crippen LogP contribution in [0, 0.1) is 0 Å². The number of nitrogens with one attached hydrogen (secondary N) is 2. The van der Waals surface area contributed by atoms with Gasteiger partial charge in [0.2, 0.25) is 5.91 Å². The van der Waals surface area contributed by atoms with Crippen LogP contribution in [0.5, 0.6) is 0 Å². The van der Waals surface area contributed by atoms with Crippen molar-refractivity contribution in [3.05, 3.63) is 20.8 Å². The standard InChI is InChI=1S/C8H11BrN2OS.ClH/c1-10-4-8(12)11-3-7-2-6(9)5-13-7;/h2,5,10H,3-4H2,1H3,(H,11,12);1H. The first-order chi connectivity index (χ1) is 6.22. The Morgan fingerprint density at radius 2 is 2.36 bits per heavy atom. The number of carbonyl (C=O) groups excluding carboxylic acids is 1. The quantitative estimate of drug-likeness (QED) is 0.890. The van der Waals surface area contributed by atoms with E-state index >= 15 is 0 Å². The van der Waals surface area contributed by atoms with Gasteiger partial charge >= 0.3 is 0 Å². The molecule has 0 unspecified atom stereocenters. The Labute approximate surface area is 102 Å². The Bertz CT molecular complexity index is 293. The second kappa shape index (κ2) is 7.23. The summed E-state index contributed by atoms with van der Waals surface area (Å²) in [6.07, 6.45) is 0. The molecule has 0 aromatic carbocycles. The Hall–Kier alpha value is -0.100. The topological polar surface area (TPSA) is 41.1 Å². The molecule has 2 N–H and O–H groups in total. The Morgan fingerprint density at radius 1 is 1.64 bits per heavy atom. The number of halogens is 2. The SMILES string of the molecule is CNCC(=O)NCc1cc(Br)cs1.Cl. The lowest BCUT2D eigenvalue weighted by atomic mass is 10.4. The third kappa shape index (κ3) is 4.95. The van der Waals surface area contributed by atoms with E-state index in [4.69, 9.17) is 0 Å². The second-order valence-electron chi connectivity index (χ2n) is 2.54. The molecule has 1 aromatic heterocycles. The molecule has 0 saturated heterocycles. The van der Waals surface area contributed by atoms with Crippen LogP contribution in [0.3, 0.4) is 0 Å². The molecule has 0 aliphatic carbocycles. The van der Waals surface area contributed by atoms with Gasteiger partial charge in [0.1, 0.15) is 0 Å². The summed E-state index contributed by atoms with van der Waals surface area (Å²) >= 11 is 4.98. The van der Waals surface area contributed by atoms with Crippen LogP contribution in [0.1, 0.15) is 4.88 Å². The highest BCUT2D eigenvalue weighted by Crippen LogP contribution is 2.19. The molecule has 14 heavy (non-hydrogen) atoms. The molecule has 0 spiro atoms. The van der Waals surface area contributed by atoms with E-state index in [1.54, 1.807) is 18.4 Å². The first-order valence-corrected chi connectivity index (χ1v) is 5.54. The number of rotatable bonds is 4. The fraction of sp³-hybridized carbons (Fsp3) is 0.375. The molecular weight excluding hydrogens is 288 g/mol. The summed E-state index contributed by atoms with van der Waals surface area (Å²) in [4.78, 5) is 12.2. The van der Waals surface area contributed by atoms with Crippen molar-refractivity contribution in [3.63, 3.8) is 0 Å². The number of likely N-dealkylation sites (N-methyl/N-ethyl adjacent to an activating group) is 1. The number of hydrogen-bond donors (Lipinski definition) is 2. The van der Waals surface area contributed by atoms with Gasteiger partial charge in [-0.15, -0.1) is 23.7 Å². The number of carbonyl (C=O) groups is 1. The van der Waals surface area contributed by atoms with Gasteiger partial charge in [0, 0.05) is 14.7 Å². The average molecular weight is 300 g/mol. The Morgan fingerprint density at radius 3 is 2.86 bits per heavy atom. The van der Waals surface area contributed by atoms with Crippen LogP contribution in [0.4, 0.5) is 0 Å². The van der Waals surface area contributed by atoms with Crippen molar-refractivity contribution in [1.82, 2.24) is 10.6 Å². The molecule has 0 bridgehead atoms. The largest absolute Gasteiger partial charge is 0.350 e. The first-order valence-electron chi connectivity index (χ1n) is 3.86. The fourth-order valence-electron chi connectivity index (χ4n) is 0.855. The molecule has 0 aliphatic rings. The van der Waals surface area contributed by atoms with E-state index in [1.165, 1.54) is 0 Å². The highest BCUT2D eigenvalue weighted by atomic mass is 79.9. The van der Waals surface area contributed by atoms with Gasteiger partial charge in [-0.1, -0.05) is 0 Å². The highest BCUT2D eigenvalue weighted by molar-refractivity contribution is 9.10. The third-order valence-corrected chi connectivity index (χ3v) is 3.12. The summed E-state index contributed by atoms with van der Waals surface area (Å²) in [5, 5.41) is 7.59. The summed E-state index contributed by atoms with van der Waals surface area (Å²) in [5.41, 5.74) is 0. The van der Waals surface area contributed by atoms with Crippen LogP contribution >= 0.6 is 39.7 Å². The van der Waals surface area contributed by atoms with Crippen molar-refractivity contribution in [2.75, 3.05) is 13.6 Å². The molecule has 1 amide bonds. The maximum absolute atomic E-state index is 11.0. The second-order valence-corrected chi connectivity index (χ2v) is 4.45. The number of hydrogen-bond acceptors (Lipinski definition) is 3. The van der Waals surface area contributed by atoms with Gasteiger partial charge in [-0.05, 0) is 29.0 Å². The first kappa shape index (κ1) is 13.9. The van der Waals surface area contributed by atoms with Crippen LogP contribution < -0.4 is 10.6 Å². The molecule has 1 heterocycles. The van der Waals surface area contributed by atoms with Crippen LogP contribution in [0.15, 0.2) is 15.9 Å². The van der Waals surface area contributed by atoms with E-state index < -0.39 is 0 Å². The van der Waals surface area contributed by atoms with Crippen LogP contribution in [-0.4, -0.2) is 19.5 Å². The van der Waals surface area contributed by atoms with Gasteiger partial charge in [-0.3, -0.25) is 4.79 Å². The smallest absolute Gasteiger partial charge is 0.234 e. The normalized spacial score (nSPS) is 9.29. The molecule has 6 heteroatoms. The minimum atomic E-state index is 0. The maximum atomic E-state index is 11.0. The lowest BCUT2D eigenvalue weighted by Crippen LogP contribution is -2.31. The molecule has 80 valence electrons. The Kier molecular flexibility index (Phi) is 7.17. The molecule has 1 aromatic rings. The minimum absolute atomic E-state index is 0. The van der Waals surface area contributed by atoms with Crippen LogP contribution in [-0.2, 0) is 11.3 Å². The molecule has 3 nitrogen and oxygen atoms in total. The van der Waals surface area contributed by atoms with Crippen molar-refractivity contribution in [2.24, 2.45) is 0 Å². The minimum Gasteiger partial charge on any atom is -0.350 e. The molecule has 0 atom stereocenters. The maximum Gasteiger partial charge on any atom is 0.234 e. The lowest BCUT2D eigenvalue weighted by molar-refractivity contribution is -0.120. The van der Waals surface area contributed by atoms with Crippen molar-refractivity contribution >= 4 is 45.6 Å². The van der Waals surface area contributed by atoms with E-state index in [1.807, 2.05) is 11.4 Å². The van der Waals surface area contributed by atoms with Gasteiger partial charge in [0.25, 0.3) is 0 Å². The molecule has 1 rings (SSSR count). The van der Waals surface area contributed by atoms with Crippen molar-refractivity contribution in [2.45, 2.75) is 6.54 Å². The summed E-state index contributed by atoms with van der Waals surface area (Å²) in [5.74, 6) is 0.0204. The van der Waals surface area contributed by atoms with E-state index in [-0.39, 0.29) is 18.3 Å². The number of amides is 1. The van der Waals surface area contributed by atoms with E-state index in [0.29, 0.717) is 13.1 Å². The fourth-order valence-corrected chi connectivity index (χ4v) is 2.25. The van der Waals surface area contributed by atoms with E-state index in [9.17, 15) is 4.79 Å². The molecule has 0 fully saturated rings. The van der Waals surface area contributed by atoms with Crippen LogP contribution in [0.2, 0.25) is 0 Å². The zero-order valence-electron chi connectivity index (χ0n) is 7.67. The molecular formula is C8H12BrClN2OS. The van der Waals surface area contributed by atoms with Crippen molar-refractivity contribution in [1.29, 1.82) is 0 Å². The average Bonchev–Trinajstić information content (AvgIpc) is 2.49. The lowest BCUT2D eigenvalue weighted by Gasteiger charge is -2.01. The van der Waals surface area contributed by atoms with Gasteiger partial charge < -0.3 is 10.6 Å². The predicted molar refractivity (Wildman–Crippen MR) is 65.0 cm³/mol. The summed E-state index contributed by atoms with van der Waals surface area (Å²) in [7, 11) is 1.75. The summed E-state index contributed by atoms with van der Waals surface area (Å²) < 4.78 is 1.07. The number of thiophene rings is 1. The van der Waals surface area contributed by atoms with E-state index in [2.05, 4.69) is 26.6 Å². The zero-order valence-corrected chi connectivity index (χ0v) is 10.9.